The van der Waals surface area contributed by atoms with Crippen LogP contribution < -0.4 is 5.32 Å². The molecule has 0 bridgehead atoms. The first kappa shape index (κ1) is 20.9. The SMILES string of the molecule is CN(CCO)Cc1ccc(N=C(c2ccccc2)C2C(=O)Nc3cc(F)ccc32)cc1. The van der Waals surface area contributed by atoms with Crippen LogP contribution in [0.5, 0.6) is 0 Å². The Bertz CT molecular complexity index is 1100. The van der Waals surface area contributed by atoms with Crippen LogP contribution >= 0.6 is 0 Å². The summed E-state index contributed by atoms with van der Waals surface area (Å²) in [5, 5.41) is 11.8. The van der Waals surface area contributed by atoms with E-state index < -0.39 is 5.92 Å². The zero-order valence-electron chi connectivity index (χ0n) is 17.3. The highest BCUT2D eigenvalue weighted by Crippen LogP contribution is 2.36. The van der Waals surface area contributed by atoms with Gasteiger partial charge < -0.3 is 10.4 Å². The summed E-state index contributed by atoms with van der Waals surface area (Å²) in [5.74, 6) is -1.22. The number of carbonyl (C=O) groups is 1. The molecule has 1 aliphatic rings. The molecule has 2 N–H and O–H groups in total. The van der Waals surface area contributed by atoms with Crippen molar-refractivity contribution in [2.24, 2.45) is 4.99 Å². The highest BCUT2D eigenvalue weighted by molar-refractivity contribution is 6.24. The Hall–Kier alpha value is -3.35. The van der Waals surface area contributed by atoms with Crippen molar-refractivity contribution in [2.75, 3.05) is 25.5 Å². The average molecular weight is 417 g/mol. The Labute approximate surface area is 180 Å². The van der Waals surface area contributed by atoms with Crippen LogP contribution in [-0.4, -0.2) is 41.8 Å². The minimum atomic E-state index is -0.617. The van der Waals surface area contributed by atoms with Gasteiger partial charge in [0.05, 0.1) is 18.0 Å². The molecule has 3 aromatic rings. The summed E-state index contributed by atoms with van der Waals surface area (Å²) in [6.07, 6.45) is 0. The quantitative estimate of drug-likeness (QED) is 0.569. The van der Waals surface area contributed by atoms with Crippen molar-refractivity contribution in [2.45, 2.75) is 12.5 Å². The van der Waals surface area contributed by atoms with E-state index in [2.05, 4.69) is 5.32 Å². The van der Waals surface area contributed by atoms with Crippen LogP contribution in [0.25, 0.3) is 0 Å². The van der Waals surface area contributed by atoms with E-state index in [4.69, 9.17) is 10.1 Å². The second-order valence-corrected chi connectivity index (χ2v) is 7.64. The third-order valence-corrected chi connectivity index (χ3v) is 5.31. The van der Waals surface area contributed by atoms with E-state index in [1.807, 2.05) is 66.5 Å². The lowest BCUT2D eigenvalue weighted by molar-refractivity contribution is -0.115. The maximum atomic E-state index is 13.7. The van der Waals surface area contributed by atoms with Crippen molar-refractivity contribution >= 4 is 23.0 Å². The number of benzene rings is 3. The van der Waals surface area contributed by atoms with Crippen LogP contribution in [0.15, 0.2) is 77.8 Å². The molecule has 31 heavy (non-hydrogen) atoms. The van der Waals surface area contributed by atoms with Gasteiger partial charge in [0.1, 0.15) is 11.7 Å². The maximum Gasteiger partial charge on any atom is 0.238 e. The number of carbonyl (C=O) groups excluding carboxylic acids is 1. The smallest absolute Gasteiger partial charge is 0.238 e. The average Bonchev–Trinajstić information content (AvgIpc) is 3.08. The number of nitrogens with zero attached hydrogens (tertiary/aromatic N) is 2. The molecular formula is C25H24FN3O2. The molecule has 1 heterocycles. The predicted molar refractivity (Wildman–Crippen MR) is 120 cm³/mol. The molecule has 1 amide bonds. The van der Waals surface area contributed by atoms with E-state index in [0.29, 0.717) is 17.9 Å². The molecule has 5 nitrogen and oxygen atoms in total. The molecule has 0 saturated heterocycles. The number of rotatable bonds is 7. The Morgan fingerprint density at radius 2 is 1.84 bits per heavy atom. The molecule has 0 aromatic heterocycles. The standard InChI is InChI=1S/C25H24FN3O2/c1-29(13-14-30)16-17-7-10-20(11-8-17)27-24(18-5-3-2-4-6-18)23-21-12-9-19(26)15-22(21)28-25(23)31/h2-12,15,23,30H,13-14,16H2,1H3,(H,28,31). The van der Waals surface area contributed by atoms with Gasteiger partial charge in [-0.1, -0.05) is 48.5 Å². The molecule has 4 rings (SSSR count). The monoisotopic (exact) mass is 417 g/mol. The van der Waals surface area contributed by atoms with Crippen LogP contribution in [0.4, 0.5) is 15.8 Å². The van der Waals surface area contributed by atoms with Crippen LogP contribution in [0.3, 0.4) is 0 Å². The Balaban J connectivity index is 1.70. The molecule has 1 unspecified atom stereocenters. The molecule has 6 heteroatoms. The number of likely N-dealkylation sites (N-methyl/N-ethyl adjacent to an activating group) is 1. The van der Waals surface area contributed by atoms with E-state index in [0.717, 1.165) is 28.9 Å². The summed E-state index contributed by atoms with van der Waals surface area (Å²) < 4.78 is 13.7. The molecule has 0 radical (unpaired) electrons. The van der Waals surface area contributed by atoms with Gasteiger partial charge in [-0.05, 0) is 48.0 Å². The van der Waals surface area contributed by atoms with E-state index >= 15 is 0 Å². The van der Waals surface area contributed by atoms with Crippen LogP contribution in [0.1, 0.15) is 22.6 Å². The largest absolute Gasteiger partial charge is 0.395 e. The molecule has 0 spiro atoms. The predicted octanol–water partition coefficient (Wildman–Crippen LogP) is 4.11. The van der Waals surface area contributed by atoms with E-state index in [1.54, 1.807) is 6.07 Å². The second kappa shape index (κ2) is 9.20. The minimum absolute atomic E-state index is 0.119. The Morgan fingerprint density at radius 3 is 2.55 bits per heavy atom. The fourth-order valence-electron chi connectivity index (χ4n) is 3.79. The molecule has 0 fully saturated rings. The molecule has 0 aliphatic carbocycles. The number of hydrogen-bond acceptors (Lipinski definition) is 4. The Morgan fingerprint density at radius 1 is 1.10 bits per heavy atom. The van der Waals surface area contributed by atoms with Gasteiger partial charge >= 0.3 is 0 Å². The Kier molecular flexibility index (Phi) is 6.21. The zero-order chi connectivity index (χ0) is 21.8. The van der Waals surface area contributed by atoms with Crippen molar-refractivity contribution in [3.05, 3.63) is 95.3 Å². The van der Waals surface area contributed by atoms with E-state index in [-0.39, 0.29) is 18.3 Å². The number of aliphatic imine (C=N–C) groups is 1. The summed E-state index contributed by atoms with van der Waals surface area (Å²) in [4.78, 5) is 19.7. The second-order valence-electron chi connectivity index (χ2n) is 7.64. The number of aliphatic hydroxyl groups excluding tert-OH is 1. The molecule has 0 saturated carbocycles. The van der Waals surface area contributed by atoms with Gasteiger partial charge in [0.2, 0.25) is 5.91 Å². The summed E-state index contributed by atoms with van der Waals surface area (Å²) in [6.45, 7) is 1.45. The van der Waals surface area contributed by atoms with Crippen molar-refractivity contribution in [1.82, 2.24) is 4.90 Å². The first-order chi connectivity index (χ1) is 15.0. The molecule has 1 aliphatic heterocycles. The van der Waals surface area contributed by atoms with Gasteiger partial charge in [0.25, 0.3) is 0 Å². The lowest BCUT2D eigenvalue weighted by Gasteiger charge is -2.16. The lowest BCUT2D eigenvalue weighted by Crippen LogP contribution is -2.22. The maximum absolute atomic E-state index is 13.7. The summed E-state index contributed by atoms with van der Waals surface area (Å²) in [7, 11) is 1.95. The van der Waals surface area contributed by atoms with Gasteiger partial charge in [0.15, 0.2) is 0 Å². The number of hydrogen-bond donors (Lipinski definition) is 2. The van der Waals surface area contributed by atoms with E-state index in [9.17, 15) is 9.18 Å². The number of amides is 1. The number of fused-ring (bicyclic) bond motifs is 1. The van der Waals surface area contributed by atoms with E-state index in [1.165, 1.54) is 12.1 Å². The fraction of sp³-hybridized carbons (Fsp3) is 0.200. The van der Waals surface area contributed by atoms with Crippen LogP contribution in [0, 0.1) is 5.82 Å². The summed E-state index contributed by atoms with van der Waals surface area (Å²) >= 11 is 0. The highest BCUT2D eigenvalue weighted by Gasteiger charge is 2.35. The first-order valence-corrected chi connectivity index (χ1v) is 10.2. The third-order valence-electron chi connectivity index (χ3n) is 5.31. The van der Waals surface area contributed by atoms with Gasteiger partial charge in [-0.15, -0.1) is 0 Å². The molecule has 1 atom stereocenters. The van der Waals surface area contributed by atoms with Gasteiger partial charge in [0, 0.05) is 18.8 Å². The molecular weight excluding hydrogens is 393 g/mol. The van der Waals surface area contributed by atoms with Crippen LogP contribution in [-0.2, 0) is 11.3 Å². The normalized spacial score (nSPS) is 15.8. The van der Waals surface area contributed by atoms with Crippen molar-refractivity contribution < 1.29 is 14.3 Å². The van der Waals surface area contributed by atoms with Crippen LogP contribution in [0.2, 0.25) is 0 Å². The fourth-order valence-corrected chi connectivity index (χ4v) is 3.79. The third kappa shape index (κ3) is 4.71. The first-order valence-electron chi connectivity index (χ1n) is 10.2. The summed E-state index contributed by atoms with van der Waals surface area (Å²) in [6, 6.07) is 21.8. The topological polar surface area (TPSA) is 64.9 Å². The van der Waals surface area contributed by atoms with Crippen molar-refractivity contribution in [3.8, 4) is 0 Å². The van der Waals surface area contributed by atoms with Gasteiger partial charge in [-0.2, -0.15) is 0 Å². The number of halogens is 1. The highest BCUT2D eigenvalue weighted by atomic mass is 19.1. The zero-order valence-corrected chi connectivity index (χ0v) is 17.3. The molecule has 158 valence electrons. The van der Waals surface area contributed by atoms with Gasteiger partial charge in [-0.25, -0.2) is 4.39 Å². The minimum Gasteiger partial charge on any atom is -0.395 e. The molecule has 3 aromatic carbocycles. The number of aliphatic hydroxyl groups is 1. The van der Waals surface area contributed by atoms with Crippen molar-refractivity contribution in [1.29, 1.82) is 0 Å². The summed E-state index contributed by atoms with van der Waals surface area (Å²) in [5.41, 5.74) is 4.50. The number of nitrogens with one attached hydrogen (secondary N) is 1. The number of anilines is 1. The van der Waals surface area contributed by atoms with Crippen molar-refractivity contribution in [3.63, 3.8) is 0 Å². The lowest BCUT2D eigenvalue weighted by atomic mass is 9.90. The van der Waals surface area contributed by atoms with Gasteiger partial charge in [-0.3, -0.25) is 14.7 Å².